The summed E-state index contributed by atoms with van der Waals surface area (Å²) in [5.41, 5.74) is 1.70. The molecule has 28 heavy (non-hydrogen) atoms. The summed E-state index contributed by atoms with van der Waals surface area (Å²) in [5.74, 6) is -0.474. The summed E-state index contributed by atoms with van der Waals surface area (Å²) in [7, 11) is 1.34. The van der Waals surface area contributed by atoms with Crippen molar-refractivity contribution in [1.29, 1.82) is 0 Å². The van der Waals surface area contributed by atoms with E-state index >= 15 is 0 Å². The van der Waals surface area contributed by atoms with Gasteiger partial charge < -0.3 is 15.4 Å². The number of esters is 1. The molecule has 2 N–H and O–H groups in total. The summed E-state index contributed by atoms with van der Waals surface area (Å²) in [6, 6.07) is 6.15. The van der Waals surface area contributed by atoms with E-state index in [9.17, 15) is 9.59 Å². The Bertz CT molecular complexity index is 787. The van der Waals surface area contributed by atoms with Gasteiger partial charge in [-0.05, 0) is 17.7 Å². The Morgan fingerprint density at radius 3 is 2.68 bits per heavy atom. The van der Waals surface area contributed by atoms with Gasteiger partial charge in [0.25, 0.3) is 0 Å². The van der Waals surface area contributed by atoms with Crippen molar-refractivity contribution in [1.82, 2.24) is 20.4 Å². The molecule has 3 rings (SSSR count). The first-order valence-corrected chi connectivity index (χ1v) is 9.59. The lowest BCUT2D eigenvalue weighted by atomic mass is 9.95. The van der Waals surface area contributed by atoms with Crippen LogP contribution in [0, 0.1) is 0 Å². The maximum absolute atomic E-state index is 12.6. The van der Waals surface area contributed by atoms with Crippen molar-refractivity contribution in [2.75, 3.05) is 46.4 Å². The predicted molar refractivity (Wildman–Crippen MR) is 108 cm³/mol. The Kier molecular flexibility index (Phi) is 6.72. The summed E-state index contributed by atoms with van der Waals surface area (Å²) >= 11 is 6.11. The van der Waals surface area contributed by atoms with Gasteiger partial charge in [0.05, 0.1) is 18.7 Å². The number of nitrogens with zero attached hydrogens (tertiary/aromatic N) is 2. The number of carbonyl (C=O) groups is 2. The van der Waals surface area contributed by atoms with Gasteiger partial charge in [0.15, 0.2) is 0 Å². The molecule has 1 unspecified atom stereocenters. The summed E-state index contributed by atoms with van der Waals surface area (Å²) < 4.78 is 5.02. The Morgan fingerprint density at radius 2 is 2.04 bits per heavy atom. The lowest BCUT2D eigenvalue weighted by Gasteiger charge is -2.36. The molecule has 8 heteroatoms. The van der Waals surface area contributed by atoms with Crippen LogP contribution in [0.4, 0.5) is 4.79 Å². The number of amides is 2. The van der Waals surface area contributed by atoms with Crippen LogP contribution in [0.5, 0.6) is 0 Å². The maximum atomic E-state index is 12.6. The molecule has 2 aliphatic rings. The number of hydrogen-bond acceptors (Lipinski definition) is 5. The fourth-order valence-electron chi connectivity index (χ4n) is 3.57. The van der Waals surface area contributed by atoms with Crippen molar-refractivity contribution in [2.45, 2.75) is 6.04 Å². The van der Waals surface area contributed by atoms with Crippen LogP contribution < -0.4 is 10.6 Å². The standard InChI is InChI=1S/C20H25ClN4O3/c1-3-7-24-8-10-25(11-9-24)13-16-17(19(26)28-2)18(23-20(27)22-16)14-5-4-6-15(21)12-14/h3-6,12,18H,1,7-11,13H2,2H3,(H2,22,23,27). The van der Waals surface area contributed by atoms with Crippen molar-refractivity contribution >= 4 is 23.6 Å². The molecule has 2 aliphatic heterocycles. The minimum absolute atomic E-state index is 0.349. The topological polar surface area (TPSA) is 73.9 Å². The highest BCUT2D eigenvalue weighted by molar-refractivity contribution is 6.30. The Hall–Kier alpha value is -2.35. The molecule has 0 saturated carbocycles. The highest BCUT2D eigenvalue weighted by atomic mass is 35.5. The van der Waals surface area contributed by atoms with Gasteiger partial charge in [-0.2, -0.15) is 0 Å². The van der Waals surface area contributed by atoms with Crippen LogP contribution in [-0.2, 0) is 9.53 Å². The van der Waals surface area contributed by atoms with Crippen molar-refractivity contribution < 1.29 is 14.3 Å². The molecule has 0 spiro atoms. The molecule has 1 atom stereocenters. The Morgan fingerprint density at radius 1 is 1.32 bits per heavy atom. The fourth-order valence-corrected chi connectivity index (χ4v) is 3.76. The monoisotopic (exact) mass is 404 g/mol. The summed E-state index contributed by atoms with van der Waals surface area (Å²) in [6.07, 6.45) is 1.90. The molecule has 0 aromatic heterocycles. The SMILES string of the molecule is C=CCN1CCN(CC2=C(C(=O)OC)C(c3cccc(Cl)c3)NC(=O)N2)CC1. The number of methoxy groups -OCH3 is 1. The second kappa shape index (κ2) is 9.23. The average Bonchev–Trinajstić information content (AvgIpc) is 2.69. The predicted octanol–water partition coefficient (Wildman–Crippen LogP) is 1.92. The van der Waals surface area contributed by atoms with Gasteiger partial charge in [0, 0.05) is 50.0 Å². The summed E-state index contributed by atoms with van der Waals surface area (Å²) in [6.45, 7) is 8.63. The first-order chi connectivity index (χ1) is 13.5. The average molecular weight is 405 g/mol. The lowest BCUT2D eigenvalue weighted by molar-refractivity contribution is -0.136. The number of hydrogen-bond donors (Lipinski definition) is 2. The third-order valence-electron chi connectivity index (χ3n) is 4.97. The van der Waals surface area contributed by atoms with Gasteiger partial charge in [-0.15, -0.1) is 6.58 Å². The molecule has 1 fully saturated rings. The number of ether oxygens (including phenoxy) is 1. The number of carbonyl (C=O) groups excluding carboxylic acids is 2. The number of benzene rings is 1. The van der Waals surface area contributed by atoms with Gasteiger partial charge in [0.2, 0.25) is 0 Å². The minimum atomic E-state index is -0.614. The second-order valence-electron chi connectivity index (χ2n) is 6.84. The van der Waals surface area contributed by atoms with Crippen LogP contribution in [0.3, 0.4) is 0 Å². The fraction of sp³-hybridized carbons (Fsp3) is 0.400. The molecule has 0 aliphatic carbocycles. The Labute approximate surface area is 170 Å². The number of rotatable bonds is 6. The zero-order chi connectivity index (χ0) is 20.1. The lowest BCUT2D eigenvalue weighted by Crippen LogP contribution is -2.51. The molecule has 1 aromatic rings. The first kappa shape index (κ1) is 20.4. The van der Waals surface area contributed by atoms with Crippen LogP contribution in [0.2, 0.25) is 5.02 Å². The summed E-state index contributed by atoms with van der Waals surface area (Å²) in [4.78, 5) is 29.4. The highest BCUT2D eigenvalue weighted by Crippen LogP contribution is 2.29. The molecular weight excluding hydrogens is 380 g/mol. The van der Waals surface area contributed by atoms with E-state index < -0.39 is 12.0 Å². The quantitative estimate of drug-likeness (QED) is 0.559. The van der Waals surface area contributed by atoms with E-state index in [0.29, 0.717) is 22.8 Å². The van der Waals surface area contributed by atoms with Gasteiger partial charge in [-0.1, -0.05) is 29.8 Å². The van der Waals surface area contributed by atoms with Crippen LogP contribution in [0.1, 0.15) is 11.6 Å². The van der Waals surface area contributed by atoms with E-state index in [1.165, 1.54) is 7.11 Å². The third kappa shape index (κ3) is 4.73. The molecular formula is C20H25ClN4O3. The van der Waals surface area contributed by atoms with E-state index in [1.54, 1.807) is 18.2 Å². The number of nitrogens with one attached hydrogen (secondary N) is 2. The van der Waals surface area contributed by atoms with E-state index in [1.807, 2.05) is 12.1 Å². The molecule has 2 amide bonds. The van der Waals surface area contributed by atoms with E-state index in [2.05, 4.69) is 27.0 Å². The molecule has 150 valence electrons. The zero-order valence-electron chi connectivity index (χ0n) is 15.9. The zero-order valence-corrected chi connectivity index (χ0v) is 16.7. The minimum Gasteiger partial charge on any atom is -0.466 e. The van der Waals surface area contributed by atoms with Crippen LogP contribution in [-0.4, -0.2) is 68.2 Å². The molecule has 1 aromatic carbocycles. The largest absolute Gasteiger partial charge is 0.466 e. The third-order valence-corrected chi connectivity index (χ3v) is 5.21. The van der Waals surface area contributed by atoms with Crippen molar-refractivity contribution in [2.24, 2.45) is 0 Å². The van der Waals surface area contributed by atoms with E-state index in [0.717, 1.165) is 38.3 Å². The molecule has 2 heterocycles. The van der Waals surface area contributed by atoms with E-state index in [-0.39, 0.29) is 6.03 Å². The smallest absolute Gasteiger partial charge is 0.338 e. The van der Waals surface area contributed by atoms with Gasteiger partial charge >= 0.3 is 12.0 Å². The maximum Gasteiger partial charge on any atom is 0.338 e. The van der Waals surface area contributed by atoms with E-state index in [4.69, 9.17) is 16.3 Å². The van der Waals surface area contributed by atoms with Crippen LogP contribution in [0.15, 0.2) is 48.2 Å². The van der Waals surface area contributed by atoms with Crippen LogP contribution >= 0.6 is 11.6 Å². The highest BCUT2D eigenvalue weighted by Gasteiger charge is 2.34. The van der Waals surface area contributed by atoms with Crippen LogP contribution in [0.25, 0.3) is 0 Å². The summed E-state index contributed by atoms with van der Waals surface area (Å²) in [5, 5.41) is 6.15. The molecule has 7 nitrogen and oxygen atoms in total. The van der Waals surface area contributed by atoms with Gasteiger partial charge in [-0.25, -0.2) is 9.59 Å². The van der Waals surface area contributed by atoms with Crippen molar-refractivity contribution in [3.05, 3.63) is 58.8 Å². The Balaban J connectivity index is 1.87. The first-order valence-electron chi connectivity index (χ1n) is 9.21. The number of piperazine rings is 1. The molecule has 0 radical (unpaired) electrons. The second-order valence-corrected chi connectivity index (χ2v) is 7.27. The molecule has 1 saturated heterocycles. The number of urea groups is 1. The number of halogens is 1. The van der Waals surface area contributed by atoms with Gasteiger partial charge in [-0.3, -0.25) is 9.80 Å². The molecule has 0 bridgehead atoms. The van der Waals surface area contributed by atoms with Gasteiger partial charge in [0.1, 0.15) is 0 Å². The van der Waals surface area contributed by atoms with Crippen molar-refractivity contribution in [3.8, 4) is 0 Å². The normalized spacial score (nSPS) is 21.1. The van der Waals surface area contributed by atoms with Crippen molar-refractivity contribution in [3.63, 3.8) is 0 Å².